The molecule has 0 saturated carbocycles. The summed E-state index contributed by atoms with van der Waals surface area (Å²) in [6.45, 7) is 9.87. The molecule has 1 aromatic heterocycles. The van der Waals surface area contributed by atoms with Crippen molar-refractivity contribution in [1.82, 2.24) is 9.88 Å². The first-order valence-corrected chi connectivity index (χ1v) is 10.4. The molecule has 1 heterocycles. The second-order valence-electron chi connectivity index (χ2n) is 6.35. The Bertz CT molecular complexity index is 724. The zero-order valence-corrected chi connectivity index (χ0v) is 17.8. The highest BCUT2D eigenvalue weighted by Crippen LogP contribution is 2.30. The SMILES string of the molecule is CCOc1ccc(-c2nc(C)c(C(=O)N(CCOC)C(CC)CC)s2)cc1. The van der Waals surface area contributed by atoms with Gasteiger partial charge in [-0.1, -0.05) is 13.8 Å². The minimum absolute atomic E-state index is 0.0490. The number of thiazole rings is 1. The summed E-state index contributed by atoms with van der Waals surface area (Å²) in [4.78, 5) is 20.5. The molecule has 0 spiro atoms. The van der Waals surface area contributed by atoms with Gasteiger partial charge in [-0.15, -0.1) is 11.3 Å². The van der Waals surface area contributed by atoms with Gasteiger partial charge in [0.25, 0.3) is 5.91 Å². The molecule has 0 fully saturated rings. The van der Waals surface area contributed by atoms with E-state index < -0.39 is 0 Å². The van der Waals surface area contributed by atoms with Crippen molar-refractivity contribution in [3.05, 3.63) is 34.8 Å². The largest absolute Gasteiger partial charge is 0.494 e. The normalized spacial score (nSPS) is 11.0. The monoisotopic (exact) mass is 390 g/mol. The molecule has 0 radical (unpaired) electrons. The van der Waals surface area contributed by atoms with Gasteiger partial charge in [-0.3, -0.25) is 4.79 Å². The van der Waals surface area contributed by atoms with Gasteiger partial charge in [0.05, 0.1) is 18.9 Å². The Morgan fingerprint density at radius 3 is 2.41 bits per heavy atom. The number of amides is 1. The van der Waals surface area contributed by atoms with Gasteiger partial charge in [-0.25, -0.2) is 4.98 Å². The molecule has 0 N–H and O–H groups in total. The number of nitrogens with zero attached hydrogens (tertiary/aromatic N) is 2. The van der Waals surface area contributed by atoms with Gasteiger partial charge in [0.1, 0.15) is 15.6 Å². The number of hydrogen-bond acceptors (Lipinski definition) is 5. The van der Waals surface area contributed by atoms with E-state index in [2.05, 4.69) is 18.8 Å². The number of aromatic nitrogens is 1. The summed E-state index contributed by atoms with van der Waals surface area (Å²) in [7, 11) is 1.66. The Labute approximate surface area is 166 Å². The predicted octanol–water partition coefficient (Wildman–Crippen LogP) is 4.79. The number of hydrogen-bond donors (Lipinski definition) is 0. The Morgan fingerprint density at radius 2 is 1.85 bits per heavy atom. The van der Waals surface area contributed by atoms with E-state index in [1.54, 1.807) is 7.11 Å². The van der Waals surface area contributed by atoms with Crippen molar-refractivity contribution >= 4 is 17.2 Å². The van der Waals surface area contributed by atoms with Crippen LogP contribution >= 0.6 is 11.3 Å². The molecule has 0 aliphatic rings. The van der Waals surface area contributed by atoms with Crippen LogP contribution < -0.4 is 4.74 Å². The maximum absolute atomic E-state index is 13.2. The summed E-state index contributed by atoms with van der Waals surface area (Å²) >= 11 is 1.46. The average molecular weight is 391 g/mol. The Kier molecular flexibility index (Phi) is 8.25. The quantitative estimate of drug-likeness (QED) is 0.585. The van der Waals surface area contributed by atoms with E-state index in [-0.39, 0.29) is 11.9 Å². The van der Waals surface area contributed by atoms with Crippen molar-refractivity contribution in [1.29, 1.82) is 0 Å². The predicted molar refractivity (Wildman–Crippen MR) is 111 cm³/mol. The summed E-state index contributed by atoms with van der Waals surface area (Å²) in [6.07, 6.45) is 1.85. The smallest absolute Gasteiger partial charge is 0.266 e. The second kappa shape index (κ2) is 10.4. The number of carbonyl (C=O) groups excluding carboxylic acids is 1. The zero-order valence-electron chi connectivity index (χ0n) is 16.9. The molecule has 0 aliphatic heterocycles. The minimum Gasteiger partial charge on any atom is -0.494 e. The van der Waals surface area contributed by atoms with Crippen LogP contribution in [0.15, 0.2) is 24.3 Å². The van der Waals surface area contributed by atoms with E-state index in [1.807, 2.05) is 43.0 Å². The van der Waals surface area contributed by atoms with Crippen LogP contribution in [-0.2, 0) is 4.74 Å². The van der Waals surface area contributed by atoms with Crippen LogP contribution in [0.4, 0.5) is 0 Å². The van der Waals surface area contributed by atoms with E-state index in [9.17, 15) is 4.79 Å². The maximum Gasteiger partial charge on any atom is 0.266 e. The van der Waals surface area contributed by atoms with Crippen LogP contribution in [0.5, 0.6) is 5.75 Å². The molecule has 0 atom stereocenters. The second-order valence-corrected chi connectivity index (χ2v) is 7.35. The third-order valence-corrected chi connectivity index (χ3v) is 5.78. The van der Waals surface area contributed by atoms with Crippen molar-refractivity contribution in [2.24, 2.45) is 0 Å². The molecule has 0 aliphatic carbocycles. The standard InChI is InChI=1S/C21H30N2O3S/c1-6-17(7-2)23(13-14-25-5)21(24)19-15(4)22-20(27-19)16-9-11-18(12-10-16)26-8-3/h9-12,17H,6-8,13-14H2,1-5H3. The Balaban J connectivity index is 2.27. The number of carbonyl (C=O) groups is 1. The van der Waals surface area contributed by atoms with Gasteiger partial charge in [0, 0.05) is 25.3 Å². The zero-order chi connectivity index (χ0) is 19.8. The van der Waals surface area contributed by atoms with Gasteiger partial charge in [0.2, 0.25) is 0 Å². The summed E-state index contributed by atoms with van der Waals surface area (Å²) in [6, 6.07) is 8.06. The average Bonchev–Trinajstić information content (AvgIpc) is 3.07. The molecule has 0 bridgehead atoms. The molecule has 27 heavy (non-hydrogen) atoms. The molecule has 5 nitrogen and oxygen atoms in total. The fourth-order valence-electron chi connectivity index (χ4n) is 3.08. The topological polar surface area (TPSA) is 51.7 Å². The van der Waals surface area contributed by atoms with E-state index >= 15 is 0 Å². The molecule has 0 unspecified atom stereocenters. The lowest BCUT2D eigenvalue weighted by Gasteiger charge is -2.30. The summed E-state index contributed by atoms with van der Waals surface area (Å²) in [5, 5.41) is 0.857. The highest BCUT2D eigenvalue weighted by molar-refractivity contribution is 7.17. The van der Waals surface area contributed by atoms with Crippen LogP contribution in [0.3, 0.4) is 0 Å². The van der Waals surface area contributed by atoms with Crippen LogP contribution in [-0.4, -0.2) is 48.7 Å². The number of methoxy groups -OCH3 is 1. The van der Waals surface area contributed by atoms with Gasteiger partial charge in [0.15, 0.2) is 0 Å². The highest BCUT2D eigenvalue weighted by Gasteiger charge is 2.26. The minimum atomic E-state index is 0.0490. The van der Waals surface area contributed by atoms with E-state index in [0.717, 1.165) is 34.9 Å². The third kappa shape index (κ3) is 5.30. The van der Waals surface area contributed by atoms with E-state index in [4.69, 9.17) is 9.47 Å². The molecule has 1 aromatic carbocycles. The summed E-state index contributed by atoms with van der Waals surface area (Å²) < 4.78 is 10.7. The van der Waals surface area contributed by atoms with Crippen LogP contribution in [0.2, 0.25) is 0 Å². The van der Waals surface area contributed by atoms with Crippen molar-refractivity contribution < 1.29 is 14.3 Å². The summed E-state index contributed by atoms with van der Waals surface area (Å²) in [5.41, 5.74) is 1.78. The molecular weight excluding hydrogens is 360 g/mol. The first kappa shape index (κ1) is 21.4. The van der Waals surface area contributed by atoms with Gasteiger partial charge < -0.3 is 14.4 Å². The number of benzene rings is 1. The third-order valence-electron chi connectivity index (χ3n) is 4.58. The van der Waals surface area contributed by atoms with Gasteiger partial charge in [-0.2, -0.15) is 0 Å². The lowest BCUT2D eigenvalue weighted by molar-refractivity contribution is 0.0593. The maximum atomic E-state index is 13.2. The number of aryl methyl sites for hydroxylation is 1. The highest BCUT2D eigenvalue weighted by atomic mass is 32.1. The molecule has 2 rings (SSSR count). The molecule has 0 saturated heterocycles. The van der Waals surface area contributed by atoms with Crippen LogP contribution in [0.1, 0.15) is 49.0 Å². The fourth-order valence-corrected chi connectivity index (χ4v) is 4.11. The van der Waals surface area contributed by atoms with E-state index in [1.165, 1.54) is 11.3 Å². The van der Waals surface area contributed by atoms with Crippen molar-refractivity contribution in [2.75, 3.05) is 26.9 Å². The van der Waals surface area contributed by atoms with Crippen molar-refractivity contribution in [3.8, 4) is 16.3 Å². The van der Waals surface area contributed by atoms with E-state index in [0.29, 0.717) is 24.6 Å². The molecule has 148 valence electrons. The fraction of sp³-hybridized carbons (Fsp3) is 0.524. The molecule has 2 aromatic rings. The first-order valence-electron chi connectivity index (χ1n) is 9.56. The van der Waals surface area contributed by atoms with Gasteiger partial charge in [-0.05, 0) is 51.0 Å². The lowest BCUT2D eigenvalue weighted by atomic mass is 10.1. The number of ether oxygens (including phenoxy) is 2. The van der Waals surface area contributed by atoms with Crippen molar-refractivity contribution in [2.45, 2.75) is 46.6 Å². The molecule has 1 amide bonds. The summed E-state index contributed by atoms with van der Waals surface area (Å²) in [5.74, 6) is 0.887. The first-order chi connectivity index (χ1) is 13.0. The lowest BCUT2D eigenvalue weighted by Crippen LogP contribution is -2.41. The Morgan fingerprint density at radius 1 is 1.19 bits per heavy atom. The Hall–Kier alpha value is -1.92. The molecule has 6 heteroatoms. The van der Waals surface area contributed by atoms with Crippen LogP contribution in [0, 0.1) is 6.92 Å². The molecular formula is C21H30N2O3S. The van der Waals surface area contributed by atoms with Crippen molar-refractivity contribution in [3.63, 3.8) is 0 Å². The van der Waals surface area contributed by atoms with Crippen LogP contribution in [0.25, 0.3) is 10.6 Å². The number of rotatable bonds is 10. The van der Waals surface area contributed by atoms with Gasteiger partial charge >= 0.3 is 0 Å².